The Hall–Kier alpha value is -1.40. The van der Waals surface area contributed by atoms with Crippen LogP contribution in [0.15, 0.2) is 12.2 Å². The van der Waals surface area contributed by atoms with Crippen LogP contribution >= 0.6 is 0 Å². The Morgan fingerprint density at radius 1 is 0.391 bits per heavy atom. The number of rotatable bonds is 59. The van der Waals surface area contributed by atoms with Crippen LogP contribution in [0.2, 0.25) is 0 Å². The predicted molar refractivity (Wildman–Crippen MR) is 301 cm³/mol. The maximum Gasteiger partial charge on any atom is 0.305 e. The van der Waals surface area contributed by atoms with Crippen molar-refractivity contribution in [3.8, 4) is 0 Å². The summed E-state index contributed by atoms with van der Waals surface area (Å²) in [5, 5.41) is 23.0. The van der Waals surface area contributed by atoms with Crippen LogP contribution in [0.5, 0.6) is 0 Å². The Morgan fingerprint density at radius 2 is 0.667 bits per heavy atom. The highest BCUT2D eigenvalue weighted by molar-refractivity contribution is 5.76. The van der Waals surface area contributed by atoms with Gasteiger partial charge >= 0.3 is 5.97 Å². The Morgan fingerprint density at radius 3 is 0.986 bits per heavy atom. The summed E-state index contributed by atoms with van der Waals surface area (Å²) < 4.78 is 5.49. The van der Waals surface area contributed by atoms with E-state index in [-0.39, 0.29) is 18.5 Å². The van der Waals surface area contributed by atoms with Crippen molar-refractivity contribution >= 4 is 11.9 Å². The predicted octanol–water partition coefficient (Wildman–Crippen LogP) is 19.6. The average Bonchev–Trinajstić information content (AvgIpc) is 3.35. The first kappa shape index (κ1) is 67.6. The van der Waals surface area contributed by atoms with Gasteiger partial charge in [0.15, 0.2) is 0 Å². The maximum atomic E-state index is 12.4. The number of amides is 1. The first-order valence-corrected chi connectivity index (χ1v) is 31.5. The van der Waals surface area contributed by atoms with Crippen LogP contribution in [0.1, 0.15) is 354 Å². The maximum absolute atomic E-state index is 12.4. The highest BCUT2D eigenvalue weighted by Crippen LogP contribution is 2.18. The van der Waals surface area contributed by atoms with Crippen molar-refractivity contribution < 1.29 is 24.5 Å². The number of esters is 1. The molecule has 0 aromatic heterocycles. The van der Waals surface area contributed by atoms with E-state index in [1.54, 1.807) is 6.08 Å². The van der Waals surface area contributed by atoms with Crippen molar-refractivity contribution in [2.24, 2.45) is 0 Å². The Bertz CT molecular complexity index is 1030. The normalized spacial score (nSPS) is 12.6. The van der Waals surface area contributed by atoms with Gasteiger partial charge in [-0.1, -0.05) is 321 Å². The quantitative estimate of drug-likeness (QED) is 0.0321. The molecule has 0 heterocycles. The van der Waals surface area contributed by atoms with Crippen molar-refractivity contribution in [1.29, 1.82) is 0 Å². The summed E-state index contributed by atoms with van der Waals surface area (Å²) in [6.45, 7) is 4.91. The molecule has 6 heteroatoms. The fourth-order valence-electron chi connectivity index (χ4n) is 9.99. The van der Waals surface area contributed by atoms with Crippen molar-refractivity contribution in [2.45, 2.75) is 366 Å². The summed E-state index contributed by atoms with van der Waals surface area (Å²) in [6.07, 6.45) is 71.3. The lowest BCUT2D eigenvalue weighted by Gasteiger charge is -2.20. The Labute approximate surface area is 431 Å². The molecule has 0 bridgehead atoms. The van der Waals surface area contributed by atoms with Gasteiger partial charge in [0, 0.05) is 12.8 Å². The van der Waals surface area contributed by atoms with Crippen LogP contribution in [0.25, 0.3) is 0 Å². The molecule has 6 nitrogen and oxygen atoms in total. The monoisotopic (exact) mass is 974 g/mol. The molecule has 0 aliphatic carbocycles. The number of allylic oxidation sites excluding steroid dienone is 1. The van der Waals surface area contributed by atoms with E-state index in [0.717, 1.165) is 38.5 Å². The van der Waals surface area contributed by atoms with Crippen LogP contribution in [-0.2, 0) is 14.3 Å². The van der Waals surface area contributed by atoms with Crippen molar-refractivity contribution in [1.82, 2.24) is 5.32 Å². The smallest absolute Gasteiger partial charge is 0.305 e. The second-order valence-corrected chi connectivity index (χ2v) is 21.8. The molecule has 0 aliphatic heterocycles. The zero-order valence-corrected chi connectivity index (χ0v) is 46.8. The minimum absolute atomic E-state index is 0.0211. The first-order chi connectivity index (χ1) is 34.0. The molecule has 0 radical (unpaired) electrons. The molecule has 0 aromatic rings. The molecule has 0 aliphatic rings. The van der Waals surface area contributed by atoms with Crippen molar-refractivity contribution in [3.05, 3.63) is 12.2 Å². The van der Waals surface area contributed by atoms with E-state index in [9.17, 15) is 19.8 Å². The molecule has 2 atom stereocenters. The Kier molecular flexibility index (Phi) is 58.0. The third-order valence-electron chi connectivity index (χ3n) is 14.8. The summed E-state index contributed by atoms with van der Waals surface area (Å²) in [5.41, 5.74) is 0. The molecule has 0 spiro atoms. The van der Waals surface area contributed by atoms with Crippen molar-refractivity contribution in [2.75, 3.05) is 13.2 Å². The van der Waals surface area contributed by atoms with Crippen LogP contribution in [-0.4, -0.2) is 47.4 Å². The van der Waals surface area contributed by atoms with Gasteiger partial charge in [0.25, 0.3) is 0 Å². The molecule has 69 heavy (non-hydrogen) atoms. The zero-order chi connectivity index (χ0) is 50.0. The lowest BCUT2D eigenvalue weighted by Crippen LogP contribution is -2.45. The molecule has 0 saturated carbocycles. The SMILES string of the molecule is CCCCCCCCCC/C=C/C(O)C(CO)NC(=O)CCCCCCCCCCCCCCCCCCCCCCCCCCCCCCCOC(=O)CCCCCCCCCCCCCCC. The molecule has 0 fully saturated rings. The van der Waals surface area contributed by atoms with Crippen LogP contribution in [0.3, 0.4) is 0 Å². The topological polar surface area (TPSA) is 95.9 Å². The fourth-order valence-corrected chi connectivity index (χ4v) is 9.99. The molecular weight excluding hydrogens is 851 g/mol. The molecule has 2 unspecified atom stereocenters. The lowest BCUT2D eigenvalue weighted by molar-refractivity contribution is -0.143. The van der Waals surface area contributed by atoms with Gasteiger partial charge in [-0.25, -0.2) is 0 Å². The van der Waals surface area contributed by atoms with Gasteiger partial charge in [0.1, 0.15) is 0 Å². The number of unbranched alkanes of at least 4 members (excludes halogenated alkanes) is 48. The van der Waals surface area contributed by atoms with Gasteiger partial charge < -0.3 is 20.3 Å². The molecular formula is C63H123NO5. The number of nitrogens with one attached hydrogen (secondary N) is 1. The molecule has 410 valence electrons. The summed E-state index contributed by atoms with van der Waals surface area (Å²) in [7, 11) is 0. The first-order valence-electron chi connectivity index (χ1n) is 31.5. The van der Waals surface area contributed by atoms with Gasteiger partial charge in [-0.3, -0.25) is 9.59 Å². The number of ether oxygens (including phenoxy) is 1. The standard InChI is InChI=1S/C63H123NO5/c1-3-5-7-9-11-13-15-33-37-41-45-49-53-57-63(68)69-58-54-50-46-42-38-35-32-30-28-26-24-22-20-18-16-17-19-21-23-25-27-29-31-34-36-40-44-48-52-56-62(67)64-60(59-65)61(66)55-51-47-43-39-14-12-10-8-6-4-2/h51,55,60-61,65-66H,3-50,52-54,56-59H2,1-2H3,(H,64,67)/b55-51+. The van der Waals surface area contributed by atoms with E-state index < -0.39 is 12.1 Å². The second kappa shape index (κ2) is 59.2. The molecule has 1 amide bonds. The number of aliphatic hydroxyl groups excluding tert-OH is 2. The molecule has 3 N–H and O–H groups in total. The third kappa shape index (κ3) is 55.8. The van der Waals surface area contributed by atoms with Gasteiger partial charge in [-0.2, -0.15) is 0 Å². The minimum atomic E-state index is -0.839. The average molecular weight is 975 g/mol. The summed E-state index contributed by atoms with van der Waals surface area (Å²) in [4.78, 5) is 24.4. The van der Waals surface area contributed by atoms with Gasteiger partial charge in [-0.05, 0) is 32.1 Å². The minimum Gasteiger partial charge on any atom is -0.466 e. The van der Waals surface area contributed by atoms with Crippen LogP contribution in [0.4, 0.5) is 0 Å². The number of carbonyl (C=O) groups is 2. The lowest BCUT2D eigenvalue weighted by atomic mass is 10.0. The Balaban J connectivity index is 3.31. The molecule has 0 saturated heterocycles. The van der Waals surface area contributed by atoms with E-state index in [1.807, 2.05) is 6.08 Å². The van der Waals surface area contributed by atoms with E-state index in [0.29, 0.717) is 19.4 Å². The zero-order valence-electron chi connectivity index (χ0n) is 46.8. The van der Waals surface area contributed by atoms with E-state index in [2.05, 4.69) is 19.2 Å². The molecule has 0 rings (SSSR count). The van der Waals surface area contributed by atoms with Gasteiger partial charge in [0.2, 0.25) is 5.91 Å². The largest absolute Gasteiger partial charge is 0.466 e. The van der Waals surface area contributed by atoms with Crippen molar-refractivity contribution in [3.63, 3.8) is 0 Å². The van der Waals surface area contributed by atoms with E-state index in [4.69, 9.17) is 4.74 Å². The fraction of sp³-hybridized carbons (Fsp3) is 0.937. The second-order valence-electron chi connectivity index (χ2n) is 21.8. The summed E-state index contributed by atoms with van der Waals surface area (Å²) in [5.74, 6) is -0.0438. The summed E-state index contributed by atoms with van der Waals surface area (Å²) in [6, 6.07) is -0.622. The highest BCUT2D eigenvalue weighted by Gasteiger charge is 2.18. The van der Waals surface area contributed by atoms with E-state index >= 15 is 0 Å². The van der Waals surface area contributed by atoms with Crippen LogP contribution < -0.4 is 5.32 Å². The van der Waals surface area contributed by atoms with Crippen LogP contribution in [0, 0.1) is 0 Å². The van der Waals surface area contributed by atoms with E-state index in [1.165, 1.54) is 289 Å². The number of aliphatic hydroxyl groups is 2. The summed E-state index contributed by atoms with van der Waals surface area (Å²) >= 11 is 0. The highest BCUT2D eigenvalue weighted by atomic mass is 16.5. The van der Waals surface area contributed by atoms with Gasteiger partial charge in [0.05, 0.1) is 25.4 Å². The number of hydrogen-bond acceptors (Lipinski definition) is 5. The number of hydrogen-bond donors (Lipinski definition) is 3. The number of carbonyl (C=O) groups excluding carboxylic acids is 2. The molecule has 0 aromatic carbocycles. The van der Waals surface area contributed by atoms with Gasteiger partial charge in [-0.15, -0.1) is 0 Å². The third-order valence-corrected chi connectivity index (χ3v) is 14.8.